The number of amides is 1. The van der Waals surface area contributed by atoms with Gasteiger partial charge in [0.1, 0.15) is 0 Å². The smallest absolute Gasteiger partial charge is 0.283 e. The minimum Gasteiger partial charge on any atom is -0.342 e. The van der Waals surface area contributed by atoms with Gasteiger partial charge >= 0.3 is 0 Å². The minimum atomic E-state index is -0.414. The van der Waals surface area contributed by atoms with Crippen molar-refractivity contribution in [1.29, 1.82) is 5.41 Å². The molecular weight excluding hydrogens is 486 g/mol. The molecular formula is C28H21N5OS2. The second-order valence-electron chi connectivity index (χ2n) is 8.38. The van der Waals surface area contributed by atoms with E-state index in [1.54, 1.807) is 17.8 Å². The lowest BCUT2D eigenvalue weighted by atomic mass is 10.1. The molecule has 2 aliphatic heterocycles. The zero-order chi connectivity index (χ0) is 24.5. The fraction of sp³-hybridized carbons (Fsp3) is 0.0714. The van der Waals surface area contributed by atoms with Crippen LogP contribution >= 0.6 is 23.5 Å². The number of aromatic nitrogens is 1. The Labute approximate surface area is 216 Å². The van der Waals surface area contributed by atoms with Crippen molar-refractivity contribution in [3.05, 3.63) is 113 Å². The molecule has 0 saturated heterocycles. The Bertz CT molecular complexity index is 1570. The van der Waals surface area contributed by atoms with E-state index in [0.717, 1.165) is 26.6 Å². The van der Waals surface area contributed by atoms with Gasteiger partial charge in [-0.05, 0) is 35.0 Å². The van der Waals surface area contributed by atoms with E-state index < -0.39 is 5.91 Å². The number of hydrogen-bond donors (Lipinski definition) is 1. The van der Waals surface area contributed by atoms with Crippen molar-refractivity contribution in [2.75, 3.05) is 0 Å². The highest BCUT2D eigenvalue weighted by molar-refractivity contribution is 8.45. The molecule has 1 amide bonds. The van der Waals surface area contributed by atoms with Gasteiger partial charge in [0.2, 0.25) is 5.17 Å². The maximum atomic E-state index is 13.0. The van der Waals surface area contributed by atoms with Crippen molar-refractivity contribution in [2.24, 2.45) is 10.1 Å². The van der Waals surface area contributed by atoms with Crippen LogP contribution in [0.15, 0.2) is 107 Å². The first-order valence-corrected chi connectivity index (χ1v) is 13.2. The first kappa shape index (κ1) is 22.6. The molecule has 0 radical (unpaired) electrons. The van der Waals surface area contributed by atoms with E-state index in [-0.39, 0.29) is 11.4 Å². The van der Waals surface area contributed by atoms with Crippen molar-refractivity contribution in [3.63, 3.8) is 0 Å². The van der Waals surface area contributed by atoms with Crippen LogP contribution in [0.2, 0.25) is 0 Å². The number of carbonyl (C=O) groups excluding carboxylic acids is 1. The van der Waals surface area contributed by atoms with E-state index in [1.165, 1.54) is 27.9 Å². The summed E-state index contributed by atoms with van der Waals surface area (Å²) in [6.07, 6.45) is 3.80. The SMILES string of the molecule is N=C1/C(=C\c2cn(Cc3ccccc3)c3ccccc23)C(=O)N=C2SC(SCc3ccccc3)=NN12. The number of benzene rings is 3. The summed E-state index contributed by atoms with van der Waals surface area (Å²) >= 11 is 2.91. The number of hydrogen-bond acceptors (Lipinski definition) is 5. The summed E-state index contributed by atoms with van der Waals surface area (Å²) in [6.45, 7) is 0.716. The molecule has 0 atom stereocenters. The monoisotopic (exact) mass is 507 g/mol. The Morgan fingerprint density at radius 3 is 2.39 bits per heavy atom. The molecule has 6 nitrogen and oxygen atoms in total. The summed E-state index contributed by atoms with van der Waals surface area (Å²) < 4.78 is 2.95. The van der Waals surface area contributed by atoms with Gasteiger partial charge in [0.25, 0.3) is 5.91 Å². The molecule has 3 heterocycles. The number of amidine groups is 2. The van der Waals surface area contributed by atoms with Gasteiger partial charge in [-0.2, -0.15) is 10.0 Å². The van der Waals surface area contributed by atoms with Crippen LogP contribution < -0.4 is 0 Å². The van der Waals surface area contributed by atoms with Crippen molar-refractivity contribution in [2.45, 2.75) is 12.3 Å². The predicted octanol–water partition coefficient (Wildman–Crippen LogP) is 6.20. The number of aliphatic imine (C=N–C) groups is 1. The molecule has 0 bridgehead atoms. The summed E-state index contributed by atoms with van der Waals surface area (Å²) in [7, 11) is 0. The number of para-hydroxylation sites is 1. The van der Waals surface area contributed by atoms with Gasteiger partial charge in [0.15, 0.2) is 10.2 Å². The topological polar surface area (TPSA) is 73.8 Å². The highest BCUT2D eigenvalue weighted by atomic mass is 32.2. The summed E-state index contributed by atoms with van der Waals surface area (Å²) in [4.78, 5) is 17.2. The quantitative estimate of drug-likeness (QED) is 0.327. The lowest BCUT2D eigenvalue weighted by molar-refractivity contribution is -0.114. The van der Waals surface area contributed by atoms with Gasteiger partial charge in [-0.15, -0.1) is 5.10 Å². The Hall–Kier alpha value is -3.88. The molecule has 1 N–H and O–H groups in total. The lowest BCUT2D eigenvalue weighted by Crippen LogP contribution is -2.35. The van der Waals surface area contributed by atoms with Crippen LogP contribution in [0.5, 0.6) is 0 Å². The third-order valence-electron chi connectivity index (χ3n) is 5.96. The first-order valence-electron chi connectivity index (χ1n) is 11.4. The van der Waals surface area contributed by atoms with E-state index >= 15 is 0 Å². The summed E-state index contributed by atoms with van der Waals surface area (Å²) in [5.41, 5.74) is 4.57. The van der Waals surface area contributed by atoms with Crippen molar-refractivity contribution < 1.29 is 4.79 Å². The molecule has 0 aliphatic carbocycles. The molecule has 6 rings (SSSR count). The van der Waals surface area contributed by atoms with Crippen LogP contribution in [0, 0.1) is 5.41 Å². The van der Waals surface area contributed by atoms with Gasteiger partial charge in [0, 0.05) is 35.0 Å². The van der Waals surface area contributed by atoms with Crippen LogP contribution in [-0.2, 0) is 17.1 Å². The van der Waals surface area contributed by atoms with Gasteiger partial charge in [-0.25, -0.2) is 0 Å². The average molecular weight is 508 g/mol. The molecule has 0 fully saturated rings. The first-order chi connectivity index (χ1) is 17.7. The molecule has 8 heteroatoms. The van der Waals surface area contributed by atoms with Crippen molar-refractivity contribution in [3.8, 4) is 0 Å². The molecule has 36 heavy (non-hydrogen) atoms. The Kier molecular flexibility index (Phi) is 6.04. The van der Waals surface area contributed by atoms with Crippen LogP contribution in [0.25, 0.3) is 17.0 Å². The molecule has 2 aliphatic rings. The predicted molar refractivity (Wildman–Crippen MR) is 150 cm³/mol. The van der Waals surface area contributed by atoms with Gasteiger partial charge in [-0.1, -0.05) is 90.6 Å². The molecule has 1 aromatic heterocycles. The highest BCUT2D eigenvalue weighted by Gasteiger charge is 2.36. The van der Waals surface area contributed by atoms with Crippen LogP contribution in [0.4, 0.5) is 0 Å². The molecule has 0 spiro atoms. The summed E-state index contributed by atoms with van der Waals surface area (Å²) in [5, 5.41) is 16.3. The Balaban J connectivity index is 1.29. The van der Waals surface area contributed by atoms with E-state index in [1.807, 2.05) is 60.8 Å². The van der Waals surface area contributed by atoms with Gasteiger partial charge in [0.05, 0.1) is 5.57 Å². The number of fused-ring (bicyclic) bond motifs is 2. The maximum Gasteiger partial charge on any atom is 0.283 e. The lowest BCUT2D eigenvalue weighted by Gasteiger charge is -2.20. The average Bonchev–Trinajstić information content (AvgIpc) is 3.48. The molecule has 0 unspecified atom stereocenters. The number of carbonyl (C=O) groups is 1. The molecule has 3 aromatic carbocycles. The van der Waals surface area contributed by atoms with Crippen molar-refractivity contribution in [1.82, 2.24) is 9.58 Å². The number of thioether (sulfide) groups is 2. The second kappa shape index (κ2) is 9.64. The van der Waals surface area contributed by atoms with Crippen molar-refractivity contribution >= 4 is 61.8 Å². The fourth-order valence-electron chi connectivity index (χ4n) is 4.21. The zero-order valence-corrected chi connectivity index (χ0v) is 20.8. The van der Waals surface area contributed by atoms with E-state index in [2.05, 4.69) is 45.0 Å². The standard InChI is InChI=1S/C28H21N5OS2/c29-25-23(26(34)30-27-33(25)31-28(36-27)35-18-20-11-5-2-6-12-20)15-21-17-32(16-19-9-3-1-4-10-19)24-14-8-7-13-22(21)24/h1-15,17,29H,16,18H2/b23-15+,29-25?. The Morgan fingerprint density at radius 1 is 0.917 bits per heavy atom. The van der Waals surface area contributed by atoms with E-state index in [9.17, 15) is 4.79 Å². The Morgan fingerprint density at radius 2 is 1.61 bits per heavy atom. The summed E-state index contributed by atoms with van der Waals surface area (Å²) in [5.74, 6) is 0.398. The van der Waals surface area contributed by atoms with Crippen LogP contribution in [0.3, 0.4) is 0 Å². The molecule has 176 valence electrons. The van der Waals surface area contributed by atoms with Gasteiger partial charge < -0.3 is 4.57 Å². The van der Waals surface area contributed by atoms with Crippen LogP contribution in [-0.4, -0.2) is 30.9 Å². The maximum absolute atomic E-state index is 13.0. The number of nitrogens with one attached hydrogen (secondary N) is 1. The van der Waals surface area contributed by atoms with Crippen LogP contribution in [0.1, 0.15) is 16.7 Å². The number of rotatable bonds is 5. The number of nitrogens with zero attached hydrogens (tertiary/aromatic N) is 4. The third kappa shape index (κ3) is 4.41. The van der Waals surface area contributed by atoms with E-state index in [0.29, 0.717) is 11.7 Å². The zero-order valence-electron chi connectivity index (χ0n) is 19.2. The molecule has 4 aromatic rings. The largest absolute Gasteiger partial charge is 0.342 e. The van der Waals surface area contributed by atoms with Gasteiger partial charge in [-0.3, -0.25) is 10.2 Å². The second-order valence-corrected chi connectivity index (χ2v) is 10.6. The van der Waals surface area contributed by atoms with E-state index in [4.69, 9.17) is 5.41 Å². The number of hydrazone groups is 1. The highest BCUT2D eigenvalue weighted by Crippen LogP contribution is 2.34. The third-order valence-corrected chi connectivity index (χ3v) is 8.07. The molecule has 0 saturated carbocycles. The summed E-state index contributed by atoms with van der Waals surface area (Å²) in [6, 6.07) is 28.5. The normalized spacial score (nSPS) is 16.4. The minimum absolute atomic E-state index is 0.0488. The fourth-order valence-corrected chi connectivity index (χ4v) is 6.09.